The third-order valence-electron chi connectivity index (χ3n) is 16.0. The van der Waals surface area contributed by atoms with Crippen molar-refractivity contribution >= 4 is 65.1 Å². The smallest absolute Gasteiger partial charge is 0.194 e. The van der Waals surface area contributed by atoms with E-state index in [0.29, 0.717) is 0 Å². The maximum atomic E-state index is 7.71. The summed E-state index contributed by atoms with van der Waals surface area (Å²) in [6.45, 7) is 27.8. The van der Waals surface area contributed by atoms with E-state index < -0.39 is 55.7 Å². The van der Waals surface area contributed by atoms with Crippen molar-refractivity contribution in [1.82, 2.24) is 0 Å². The molecule has 0 fully saturated rings. The first-order valence-electron chi connectivity index (χ1n) is 24.8. The van der Waals surface area contributed by atoms with Gasteiger partial charge in [0.1, 0.15) is 22.4 Å². The third kappa shape index (κ3) is 10.8. The van der Waals surface area contributed by atoms with Gasteiger partial charge in [-0.15, -0.1) is 0 Å². The maximum absolute atomic E-state index is 7.71. The van der Waals surface area contributed by atoms with Gasteiger partial charge in [-0.25, -0.2) is 0 Å². The Hall–Kier alpha value is -1.71. The summed E-state index contributed by atoms with van der Waals surface area (Å²) in [5.74, 6) is 0. The molecule has 0 heterocycles. The van der Waals surface area contributed by atoms with E-state index in [-0.39, 0.29) is 0 Å². The molecule has 10 heteroatoms. The summed E-state index contributed by atoms with van der Waals surface area (Å²) in [5, 5.41) is 0. The van der Waals surface area contributed by atoms with Crippen molar-refractivity contribution in [3.63, 3.8) is 0 Å². The fraction of sp³-hybridized carbons (Fsp3) is 0.519. The van der Waals surface area contributed by atoms with Crippen LogP contribution in [0, 0.1) is 0 Å². The van der Waals surface area contributed by atoms with Crippen LogP contribution < -0.4 is 0 Å². The molecule has 0 bridgehead atoms. The van der Waals surface area contributed by atoms with Crippen molar-refractivity contribution in [2.45, 2.75) is 178 Å². The predicted octanol–water partition coefficient (Wildman–Crippen LogP) is 17.7. The molecule has 0 aliphatic heterocycles. The van der Waals surface area contributed by atoms with E-state index in [2.05, 4.69) is 236 Å². The minimum absolute atomic E-state index is 0.683. The van der Waals surface area contributed by atoms with Crippen LogP contribution >= 0.6 is 31.9 Å². The van der Waals surface area contributed by atoms with E-state index in [4.69, 9.17) is 17.7 Å². The third-order valence-corrected chi connectivity index (χ3v) is 35.6. The normalized spacial score (nSPS) is 23.8. The van der Waals surface area contributed by atoms with E-state index in [0.717, 1.165) is 104 Å². The lowest BCUT2D eigenvalue weighted by molar-refractivity contribution is 0.119. The molecule has 0 atom stereocenters. The van der Waals surface area contributed by atoms with E-state index in [9.17, 15) is 0 Å². The number of hydrogen-bond donors (Lipinski definition) is 0. The van der Waals surface area contributed by atoms with Crippen LogP contribution in [-0.4, -0.2) is 33.3 Å². The molecule has 0 saturated heterocycles. The molecule has 350 valence electrons. The van der Waals surface area contributed by atoms with Crippen LogP contribution in [0.15, 0.2) is 130 Å². The molecule has 0 spiro atoms. The maximum Gasteiger partial charge on any atom is 0.194 e. The highest BCUT2D eigenvalue weighted by atomic mass is 79.9. The van der Waals surface area contributed by atoms with Gasteiger partial charge >= 0.3 is 0 Å². The zero-order valence-corrected chi connectivity index (χ0v) is 48.6. The molecule has 0 amide bonds. The molecule has 0 aromatic heterocycles. The Balaban J connectivity index is 1.70. The molecular weight excluding hydrogens is 985 g/mol. The van der Waals surface area contributed by atoms with Gasteiger partial charge in [0.2, 0.25) is 0 Å². The summed E-state index contributed by atoms with van der Waals surface area (Å²) in [4.78, 5) is 0. The Kier molecular flexibility index (Phi) is 18.4. The second kappa shape index (κ2) is 22.1. The van der Waals surface area contributed by atoms with Crippen LogP contribution in [0.4, 0.5) is 0 Å². The topological polar surface area (TPSA) is 36.9 Å². The number of rotatable bonds is 24. The van der Waals surface area contributed by atoms with Gasteiger partial charge in [-0.05, 0) is 168 Å². The molecule has 0 unspecified atom stereocenters. The summed E-state index contributed by atoms with van der Waals surface area (Å²) in [7, 11) is -8.42. The van der Waals surface area contributed by atoms with E-state index in [1.165, 1.54) is 0 Å². The first-order valence-corrected chi connectivity index (χ1v) is 36.5. The molecule has 2 aliphatic carbocycles. The van der Waals surface area contributed by atoms with Crippen molar-refractivity contribution in [1.29, 1.82) is 0 Å². The minimum atomic E-state index is -2.15. The lowest BCUT2D eigenvalue weighted by Crippen LogP contribution is -2.48. The van der Waals surface area contributed by atoms with Crippen molar-refractivity contribution in [2.75, 3.05) is 0 Å². The zero-order chi connectivity index (χ0) is 46.9. The number of hydrogen-bond acceptors (Lipinski definition) is 4. The molecule has 64 heavy (non-hydrogen) atoms. The minimum Gasteiger partial charge on any atom is -0.401 e. The van der Waals surface area contributed by atoms with Crippen LogP contribution in [0.25, 0.3) is 0 Å². The summed E-state index contributed by atoms with van der Waals surface area (Å²) < 4.78 is 32.6. The second-order valence-electron chi connectivity index (χ2n) is 18.5. The lowest BCUT2D eigenvalue weighted by Gasteiger charge is -2.46. The molecule has 0 radical (unpaired) electrons. The van der Waals surface area contributed by atoms with E-state index in [1.807, 2.05) is 0 Å². The second-order valence-corrected chi connectivity index (χ2v) is 39.1. The van der Waals surface area contributed by atoms with Gasteiger partial charge in [0.15, 0.2) is 33.3 Å². The highest BCUT2D eigenvalue weighted by Gasteiger charge is 2.48. The SMILES string of the molecule is CC[Si](CC)(CC)OC1(c2ccc(Br)cc2)C=CC(O[Si](CC)(CC)CC)(c2ccc(C3(O[Si](CC)(CC)CC)C=CC(O[Si](CC)(CC)CC)(c4ccc(Br)cc4)C=C3)cc2)C=C1. The fourth-order valence-corrected chi connectivity index (χ4v) is 22.3. The molecule has 2 aliphatic rings. The van der Waals surface area contributed by atoms with Crippen molar-refractivity contribution in [3.05, 3.63) is 153 Å². The summed E-state index contributed by atoms with van der Waals surface area (Å²) in [6.07, 6.45) is 18.7. The van der Waals surface area contributed by atoms with E-state index >= 15 is 0 Å². The molecule has 5 rings (SSSR count). The van der Waals surface area contributed by atoms with Crippen molar-refractivity contribution < 1.29 is 17.7 Å². The lowest BCUT2D eigenvalue weighted by atomic mass is 9.79. The number of benzene rings is 3. The summed E-state index contributed by atoms with van der Waals surface area (Å²) in [6, 6.07) is 39.4. The fourth-order valence-electron chi connectivity index (χ4n) is 10.2. The predicted molar refractivity (Wildman–Crippen MR) is 291 cm³/mol. The van der Waals surface area contributed by atoms with Gasteiger partial charge in [-0.1, -0.05) is 163 Å². The van der Waals surface area contributed by atoms with E-state index in [1.54, 1.807) is 0 Å². The van der Waals surface area contributed by atoms with Gasteiger partial charge in [-0.2, -0.15) is 0 Å². The summed E-state index contributed by atoms with van der Waals surface area (Å²) in [5.41, 5.74) is 1.70. The Labute approximate surface area is 410 Å². The average Bonchev–Trinajstić information content (AvgIpc) is 3.35. The molecule has 0 N–H and O–H groups in total. The largest absolute Gasteiger partial charge is 0.401 e. The standard InChI is InChI=1S/C54H80Br2O4Si4/c1-13-61(14-2,15-3)57-51(37-41-53(42-38-51,47-29-33-49(55)34-30-47)59-63(19-7,20-8)21-9)45-25-27-46(28-26-45)52(58-62(16-4,17-5)18-6)39-43-54(44-40-52,48-31-35-50(56)36-32-48)60-64(22-10,23-11)24-12/h25-44H,13-24H2,1-12H3. The monoisotopic (exact) mass is 1060 g/mol. The van der Waals surface area contributed by atoms with Crippen LogP contribution in [-0.2, 0) is 40.1 Å². The van der Waals surface area contributed by atoms with Crippen LogP contribution in [0.1, 0.15) is 105 Å². The van der Waals surface area contributed by atoms with Crippen LogP contribution in [0.5, 0.6) is 0 Å². The van der Waals surface area contributed by atoms with Gasteiger partial charge in [0, 0.05) is 8.95 Å². The highest BCUT2D eigenvalue weighted by Crippen LogP contribution is 2.49. The van der Waals surface area contributed by atoms with Crippen molar-refractivity contribution in [2.24, 2.45) is 0 Å². The Morgan fingerprint density at radius 3 is 0.562 bits per heavy atom. The highest BCUT2D eigenvalue weighted by molar-refractivity contribution is 9.10. The molecule has 4 nitrogen and oxygen atoms in total. The molecule has 3 aromatic carbocycles. The Bertz CT molecular complexity index is 1850. The molecular formula is C54H80Br2O4Si4. The van der Waals surface area contributed by atoms with Crippen LogP contribution in [0.2, 0.25) is 72.5 Å². The number of halogens is 2. The van der Waals surface area contributed by atoms with Crippen LogP contribution in [0.3, 0.4) is 0 Å². The Morgan fingerprint density at radius 1 is 0.281 bits per heavy atom. The Morgan fingerprint density at radius 2 is 0.422 bits per heavy atom. The van der Waals surface area contributed by atoms with Gasteiger partial charge in [-0.3, -0.25) is 0 Å². The van der Waals surface area contributed by atoms with Gasteiger partial charge in [0.05, 0.1) is 0 Å². The molecule has 0 saturated carbocycles. The first-order chi connectivity index (χ1) is 30.6. The van der Waals surface area contributed by atoms with Gasteiger partial charge in [0.25, 0.3) is 0 Å². The molecule has 3 aromatic rings. The summed E-state index contributed by atoms with van der Waals surface area (Å²) >= 11 is 7.39. The quantitative estimate of drug-likeness (QED) is 0.0662. The first kappa shape index (κ1) is 53.2. The zero-order valence-electron chi connectivity index (χ0n) is 41.4. The average molecular weight is 1070 g/mol. The van der Waals surface area contributed by atoms with Crippen molar-refractivity contribution in [3.8, 4) is 0 Å². The van der Waals surface area contributed by atoms with Gasteiger partial charge < -0.3 is 17.7 Å².